The van der Waals surface area contributed by atoms with E-state index in [1.165, 1.54) is 11.8 Å². The second kappa shape index (κ2) is 7.83. The maximum absolute atomic E-state index is 12.5. The first-order chi connectivity index (χ1) is 11.9. The van der Waals surface area contributed by atoms with Crippen LogP contribution in [0.4, 0.5) is 5.82 Å². The van der Waals surface area contributed by atoms with E-state index in [-0.39, 0.29) is 22.9 Å². The molecule has 25 heavy (non-hydrogen) atoms. The lowest BCUT2D eigenvalue weighted by Crippen LogP contribution is -2.08. The van der Waals surface area contributed by atoms with Crippen molar-refractivity contribution >= 4 is 23.4 Å². The first-order valence-electron chi connectivity index (χ1n) is 7.78. The largest absolute Gasteiger partial charge is 0.383 e. The Morgan fingerprint density at radius 3 is 2.48 bits per heavy atom. The molecule has 0 amide bonds. The predicted molar refractivity (Wildman–Crippen MR) is 98.4 cm³/mol. The minimum Gasteiger partial charge on any atom is -0.383 e. The monoisotopic (exact) mass is 350 g/mol. The van der Waals surface area contributed by atoms with Crippen LogP contribution in [0.15, 0.2) is 23.2 Å². The summed E-state index contributed by atoms with van der Waals surface area (Å²) in [5.74, 6) is 0.217. The van der Waals surface area contributed by atoms with Gasteiger partial charge in [0, 0.05) is 5.56 Å². The quantitative estimate of drug-likeness (QED) is 0.653. The summed E-state index contributed by atoms with van der Waals surface area (Å²) in [6.45, 7) is 5.73. The molecule has 0 saturated carbocycles. The summed E-state index contributed by atoms with van der Waals surface area (Å²) in [6.07, 6.45) is 0.497. The SMILES string of the molecule is CCc1c(C#N)c(N)nc(SCC(=O)c2ccc(C)cc2C)c1C#N. The molecule has 1 aromatic heterocycles. The zero-order valence-corrected chi connectivity index (χ0v) is 15.2. The first kappa shape index (κ1) is 18.5. The molecular formula is C19H18N4OS. The number of nitrogens with two attached hydrogens (primary N) is 1. The minimum absolute atomic E-state index is 0.0332. The molecule has 1 heterocycles. The van der Waals surface area contributed by atoms with E-state index in [2.05, 4.69) is 11.1 Å². The lowest BCUT2D eigenvalue weighted by Gasteiger charge is -2.11. The van der Waals surface area contributed by atoms with Gasteiger partial charge in [0.2, 0.25) is 0 Å². The molecule has 126 valence electrons. The van der Waals surface area contributed by atoms with Crippen molar-refractivity contribution in [3.05, 3.63) is 51.6 Å². The van der Waals surface area contributed by atoms with Crippen LogP contribution in [0.25, 0.3) is 0 Å². The van der Waals surface area contributed by atoms with E-state index in [1.807, 2.05) is 45.0 Å². The number of nitrogen functional groups attached to an aromatic ring is 1. The summed E-state index contributed by atoms with van der Waals surface area (Å²) in [6, 6.07) is 9.79. The molecule has 6 heteroatoms. The molecule has 0 fully saturated rings. The van der Waals surface area contributed by atoms with Gasteiger partial charge >= 0.3 is 0 Å². The van der Waals surface area contributed by atoms with Crippen molar-refractivity contribution in [1.82, 2.24) is 4.98 Å². The summed E-state index contributed by atoms with van der Waals surface area (Å²) in [5.41, 5.74) is 9.68. The van der Waals surface area contributed by atoms with E-state index in [9.17, 15) is 15.3 Å². The van der Waals surface area contributed by atoms with Crippen LogP contribution in [0.3, 0.4) is 0 Å². The van der Waals surface area contributed by atoms with Gasteiger partial charge in [0.25, 0.3) is 0 Å². The number of pyridine rings is 1. The van der Waals surface area contributed by atoms with Crippen LogP contribution in [0, 0.1) is 36.5 Å². The molecule has 2 aromatic rings. The number of nitrogens with zero attached hydrogens (tertiary/aromatic N) is 3. The van der Waals surface area contributed by atoms with Crippen molar-refractivity contribution in [2.24, 2.45) is 0 Å². The normalized spacial score (nSPS) is 10.1. The smallest absolute Gasteiger partial charge is 0.173 e. The van der Waals surface area contributed by atoms with Crippen LogP contribution in [-0.4, -0.2) is 16.5 Å². The summed E-state index contributed by atoms with van der Waals surface area (Å²) in [4.78, 5) is 16.7. The number of thioether (sulfide) groups is 1. The fraction of sp³-hybridized carbons (Fsp3) is 0.263. The number of benzene rings is 1. The molecule has 0 aliphatic carbocycles. The lowest BCUT2D eigenvalue weighted by atomic mass is 10.0. The summed E-state index contributed by atoms with van der Waals surface area (Å²) < 4.78 is 0. The number of anilines is 1. The third-order valence-electron chi connectivity index (χ3n) is 3.90. The molecular weight excluding hydrogens is 332 g/mol. The molecule has 0 atom stereocenters. The Balaban J connectivity index is 2.32. The van der Waals surface area contributed by atoms with Crippen LogP contribution < -0.4 is 5.73 Å². The summed E-state index contributed by atoms with van der Waals surface area (Å²) >= 11 is 1.18. The van der Waals surface area contributed by atoms with Crippen LogP contribution in [0.2, 0.25) is 0 Å². The number of aryl methyl sites for hydroxylation is 2. The molecule has 0 aliphatic heterocycles. The van der Waals surface area contributed by atoms with E-state index in [1.54, 1.807) is 0 Å². The Hall–Kier alpha value is -2.83. The standard InChI is InChI=1S/C19H18N4OS/c1-4-13-15(8-20)18(22)23-19(16(13)9-21)25-10-17(24)14-6-5-11(2)7-12(14)3/h5-7H,4,10H2,1-3H3,(H2,22,23). The van der Waals surface area contributed by atoms with Gasteiger partial charge in [-0.25, -0.2) is 4.98 Å². The number of hydrogen-bond acceptors (Lipinski definition) is 6. The number of ketones is 1. The van der Waals surface area contributed by atoms with Crippen molar-refractivity contribution in [3.63, 3.8) is 0 Å². The van der Waals surface area contributed by atoms with Gasteiger partial charge in [-0.05, 0) is 31.4 Å². The van der Waals surface area contributed by atoms with Crippen molar-refractivity contribution < 1.29 is 4.79 Å². The third kappa shape index (κ3) is 3.81. The van der Waals surface area contributed by atoms with Crippen LogP contribution in [-0.2, 0) is 6.42 Å². The van der Waals surface area contributed by atoms with Gasteiger partial charge in [0.05, 0.1) is 16.9 Å². The molecule has 0 radical (unpaired) electrons. The Bertz CT molecular complexity index is 922. The Labute approximate surface area is 151 Å². The fourth-order valence-electron chi connectivity index (χ4n) is 2.67. The van der Waals surface area contributed by atoms with Crippen molar-refractivity contribution in [2.45, 2.75) is 32.2 Å². The lowest BCUT2D eigenvalue weighted by molar-refractivity contribution is 0.102. The highest BCUT2D eigenvalue weighted by Crippen LogP contribution is 2.29. The van der Waals surface area contributed by atoms with Gasteiger partial charge in [-0.1, -0.05) is 42.4 Å². The van der Waals surface area contributed by atoms with Crippen molar-refractivity contribution in [2.75, 3.05) is 11.5 Å². The Kier molecular flexibility index (Phi) is 5.80. The number of aromatic nitrogens is 1. The first-order valence-corrected chi connectivity index (χ1v) is 8.77. The number of rotatable bonds is 5. The number of carbonyl (C=O) groups is 1. The molecule has 0 unspecified atom stereocenters. The van der Waals surface area contributed by atoms with Gasteiger partial charge in [-0.3, -0.25) is 4.79 Å². The second-order valence-electron chi connectivity index (χ2n) is 5.64. The molecule has 0 spiro atoms. The zero-order valence-electron chi connectivity index (χ0n) is 14.4. The average Bonchev–Trinajstić information content (AvgIpc) is 2.58. The Morgan fingerprint density at radius 2 is 1.92 bits per heavy atom. The molecule has 2 rings (SSSR count). The highest BCUT2D eigenvalue weighted by molar-refractivity contribution is 8.00. The van der Waals surface area contributed by atoms with Crippen molar-refractivity contribution in [1.29, 1.82) is 10.5 Å². The molecule has 1 aromatic carbocycles. The maximum Gasteiger partial charge on any atom is 0.173 e. The van der Waals surface area contributed by atoms with Gasteiger partial charge < -0.3 is 5.73 Å². The number of hydrogen-bond donors (Lipinski definition) is 1. The van der Waals surface area contributed by atoms with Gasteiger partial charge in [-0.15, -0.1) is 0 Å². The number of carbonyl (C=O) groups excluding carboxylic acids is 1. The third-order valence-corrected chi connectivity index (χ3v) is 4.87. The van der Waals surface area contributed by atoms with Gasteiger partial charge in [-0.2, -0.15) is 10.5 Å². The Morgan fingerprint density at radius 1 is 1.24 bits per heavy atom. The van der Waals surface area contributed by atoms with Crippen LogP contribution in [0.1, 0.15) is 45.1 Å². The summed E-state index contributed by atoms with van der Waals surface area (Å²) in [7, 11) is 0. The minimum atomic E-state index is -0.0332. The highest BCUT2D eigenvalue weighted by Gasteiger charge is 2.19. The van der Waals surface area contributed by atoms with Crippen LogP contribution in [0.5, 0.6) is 0 Å². The predicted octanol–water partition coefficient (Wildman–Crippen LogP) is 3.56. The van der Waals surface area contributed by atoms with E-state index in [0.29, 0.717) is 28.1 Å². The fourth-order valence-corrected chi connectivity index (χ4v) is 3.57. The van der Waals surface area contributed by atoms with Crippen LogP contribution >= 0.6 is 11.8 Å². The molecule has 0 saturated heterocycles. The molecule has 0 bridgehead atoms. The topological polar surface area (TPSA) is 104 Å². The molecule has 0 aliphatic rings. The number of Topliss-reactive ketones (excluding diaryl/α,β-unsaturated/α-hetero) is 1. The van der Waals surface area contributed by atoms with Gasteiger partial charge in [0.15, 0.2) is 5.78 Å². The summed E-state index contributed by atoms with van der Waals surface area (Å²) in [5, 5.41) is 19.1. The zero-order chi connectivity index (χ0) is 18.6. The van der Waals surface area contributed by atoms with Crippen molar-refractivity contribution in [3.8, 4) is 12.1 Å². The molecule has 2 N–H and O–H groups in total. The van der Waals surface area contributed by atoms with E-state index in [0.717, 1.165) is 11.1 Å². The highest BCUT2D eigenvalue weighted by atomic mass is 32.2. The van der Waals surface area contributed by atoms with E-state index in [4.69, 9.17) is 5.73 Å². The average molecular weight is 350 g/mol. The molecule has 5 nitrogen and oxygen atoms in total. The van der Waals surface area contributed by atoms with Gasteiger partial charge in [0.1, 0.15) is 23.0 Å². The number of nitriles is 2. The van der Waals surface area contributed by atoms with E-state index < -0.39 is 0 Å². The second-order valence-corrected chi connectivity index (χ2v) is 6.60. The maximum atomic E-state index is 12.5. The van der Waals surface area contributed by atoms with E-state index >= 15 is 0 Å².